The van der Waals surface area contributed by atoms with Crippen LogP contribution in [-0.4, -0.2) is 4.92 Å². The molecule has 0 aliphatic heterocycles. The Morgan fingerprint density at radius 3 is 2.53 bits per heavy atom. The minimum Gasteiger partial charge on any atom is -0.450 e. The number of hydrogen-bond donors (Lipinski definition) is 0. The molecule has 0 atom stereocenters. The second-order valence-corrected chi connectivity index (χ2v) is 4.21. The van der Waals surface area contributed by atoms with E-state index in [-0.39, 0.29) is 5.75 Å². The third-order valence-corrected chi connectivity index (χ3v) is 2.68. The number of hydrogen-bond acceptors (Lipinski definition) is 3. The van der Waals surface area contributed by atoms with Gasteiger partial charge in [0.25, 0.3) is 0 Å². The first-order chi connectivity index (χ1) is 8.99. The summed E-state index contributed by atoms with van der Waals surface area (Å²) in [4.78, 5) is 10.1. The number of para-hydroxylation sites is 1. The van der Waals surface area contributed by atoms with Crippen molar-refractivity contribution in [2.45, 2.75) is 13.8 Å². The summed E-state index contributed by atoms with van der Waals surface area (Å²) in [5.74, 6) is -0.538. The summed E-state index contributed by atoms with van der Waals surface area (Å²) in [7, 11) is 0. The summed E-state index contributed by atoms with van der Waals surface area (Å²) in [5, 5.41) is 10.9. The van der Waals surface area contributed by atoms with E-state index in [2.05, 4.69) is 0 Å². The number of halogens is 1. The fourth-order valence-electron chi connectivity index (χ4n) is 1.79. The van der Waals surface area contributed by atoms with E-state index in [4.69, 9.17) is 4.74 Å². The van der Waals surface area contributed by atoms with E-state index in [0.29, 0.717) is 5.75 Å². The van der Waals surface area contributed by atoms with Crippen LogP contribution >= 0.6 is 0 Å². The normalized spacial score (nSPS) is 10.3. The number of nitrogens with zero attached hydrogens (tertiary/aromatic N) is 1. The summed E-state index contributed by atoms with van der Waals surface area (Å²) in [5.41, 5.74) is 1.24. The molecule has 0 amide bonds. The van der Waals surface area contributed by atoms with E-state index < -0.39 is 16.4 Å². The van der Waals surface area contributed by atoms with Crippen LogP contribution in [0.4, 0.5) is 10.1 Å². The van der Waals surface area contributed by atoms with Crippen LogP contribution in [0.15, 0.2) is 36.4 Å². The van der Waals surface area contributed by atoms with Crippen LogP contribution in [0, 0.1) is 29.8 Å². The van der Waals surface area contributed by atoms with Gasteiger partial charge in [-0.15, -0.1) is 0 Å². The first-order valence-corrected chi connectivity index (χ1v) is 5.67. The first-order valence-electron chi connectivity index (χ1n) is 5.67. The Labute approximate surface area is 109 Å². The fraction of sp³-hybridized carbons (Fsp3) is 0.143. The van der Waals surface area contributed by atoms with Gasteiger partial charge in [0.15, 0.2) is 0 Å². The molecule has 0 bridgehead atoms. The molecule has 19 heavy (non-hydrogen) atoms. The zero-order valence-electron chi connectivity index (χ0n) is 10.5. The molecule has 0 radical (unpaired) electrons. The minimum absolute atomic E-state index is 0.100. The summed E-state index contributed by atoms with van der Waals surface area (Å²) < 4.78 is 18.9. The molecule has 98 valence electrons. The van der Waals surface area contributed by atoms with Gasteiger partial charge < -0.3 is 4.74 Å². The summed E-state index contributed by atoms with van der Waals surface area (Å²) in [6, 6.07) is 9.21. The SMILES string of the molecule is Cc1ccc(Oc2cccc(F)c2[N+](=O)[O-])c(C)c1. The lowest BCUT2D eigenvalue weighted by molar-refractivity contribution is -0.388. The van der Waals surface area contributed by atoms with Crippen LogP contribution < -0.4 is 4.74 Å². The summed E-state index contributed by atoms with van der Waals surface area (Å²) in [6.45, 7) is 3.76. The number of aryl methyl sites for hydroxylation is 2. The lowest BCUT2D eigenvalue weighted by atomic mass is 10.1. The average molecular weight is 261 g/mol. The van der Waals surface area contributed by atoms with Crippen molar-refractivity contribution < 1.29 is 14.1 Å². The Bertz CT molecular complexity index is 641. The molecule has 0 saturated heterocycles. The predicted octanol–water partition coefficient (Wildman–Crippen LogP) is 4.14. The van der Waals surface area contributed by atoms with Gasteiger partial charge in [0.2, 0.25) is 11.6 Å². The van der Waals surface area contributed by atoms with Crippen molar-refractivity contribution in [1.29, 1.82) is 0 Å². The largest absolute Gasteiger partial charge is 0.450 e. The van der Waals surface area contributed by atoms with Crippen molar-refractivity contribution >= 4 is 5.69 Å². The molecule has 2 rings (SSSR count). The zero-order valence-corrected chi connectivity index (χ0v) is 10.5. The van der Waals surface area contributed by atoms with Crippen molar-refractivity contribution in [1.82, 2.24) is 0 Å². The Balaban J connectivity index is 2.44. The number of nitro groups is 1. The van der Waals surface area contributed by atoms with Crippen LogP contribution in [0.1, 0.15) is 11.1 Å². The van der Waals surface area contributed by atoms with Gasteiger partial charge in [0.1, 0.15) is 5.75 Å². The highest BCUT2D eigenvalue weighted by molar-refractivity contribution is 5.50. The van der Waals surface area contributed by atoms with Gasteiger partial charge in [-0.05, 0) is 37.6 Å². The lowest BCUT2D eigenvalue weighted by Gasteiger charge is -2.09. The maximum atomic E-state index is 13.4. The third-order valence-electron chi connectivity index (χ3n) is 2.68. The zero-order chi connectivity index (χ0) is 14.0. The molecule has 0 aromatic heterocycles. The molecule has 0 heterocycles. The van der Waals surface area contributed by atoms with Crippen LogP contribution in [0.25, 0.3) is 0 Å². The smallest absolute Gasteiger partial charge is 0.346 e. The highest BCUT2D eigenvalue weighted by atomic mass is 19.1. The average Bonchev–Trinajstić information content (AvgIpc) is 2.32. The van der Waals surface area contributed by atoms with Crippen LogP contribution in [0.3, 0.4) is 0 Å². The highest BCUT2D eigenvalue weighted by Crippen LogP contribution is 2.34. The molecule has 0 fully saturated rings. The number of ether oxygens (including phenoxy) is 1. The molecular weight excluding hydrogens is 249 g/mol. The Kier molecular flexibility index (Phi) is 3.46. The van der Waals surface area contributed by atoms with Gasteiger partial charge in [-0.1, -0.05) is 23.8 Å². The topological polar surface area (TPSA) is 52.4 Å². The fourth-order valence-corrected chi connectivity index (χ4v) is 1.79. The molecule has 2 aromatic rings. The second-order valence-electron chi connectivity index (χ2n) is 4.21. The van der Waals surface area contributed by atoms with Crippen molar-refractivity contribution in [3.63, 3.8) is 0 Å². The quantitative estimate of drug-likeness (QED) is 0.616. The van der Waals surface area contributed by atoms with Gasteiger partial charge in [0, 0.05) is 0 Å². The van der Waals surface area contributed by atoms with Crippen LogP contribution in [0.5, 0.6) is 11.5 Å². The third kappa shape index (κ3) is 2.70. The molecular formula is C14H12FNO3. The first kappa shape index (κ1) is 13.0. The molecule has 0 aliphatic rings. The second kappa shape index (κ2) is 5.06. The van der Waals surface area contributed by atoms with Crippen molar-refractivity contribution in [3.8, 4) is 11.5 Å². The minimum atomic E-state index is -0.910. The van der Waals surface area contributed by atoms with Gasteiger partial charge in [-0.2, -0.15) is 4.39 Å². The van der Waals surface area contributed by atoms with E-state index in [9.17, 15) is 14.5 Å². The highest BCUT2D eigenvalue weighted by Gasteiger charge is 2.22. The predicted molar refractivity (Wildman–Crippen MR) is 69.0 cm³/mol. The Hall–Kier alpha value is -2.43. The van der Waals surface area contributed by atoms with E-state index in [1.807, 2.05) is 26.0 Å². The van der Waals surface area contributed by atoms with E-state index in [0.717, 1.165) is 17.2 Å². The monoisotopic (exact) mass is 261 g/mol. The number of nitro benzene ring substituents is 1. The molecule has 0 unspecified atom stereocenters. The number of rotatable bonds is 3. The number of benzene rings is 2. The molecule has 0 saturated carbocycles. The molecule has 0 N–H and O–H groups in total. The van der Waals surface area contributed by atoms with Gasteiger partial charge >= 0.3 is 5.69 Å². The Morgan fingerprint density at radius 1 is 1.16 bits per heavy atom. The van der Waals surface area contributed by atoms with Crippen molar-refractivity contribution in [2.24, 2.45) is 0 Å². The Morgan fingerprint density at radius 2 is 1.89 bits per heavy atom. The summed E-state index contributed by atoms with van der Waals surface area (Å²) >= 11 is 0. The van der Waals surface area contributed by atoms with Gasteiger partial charge in [-0.25, -0.2) is 0 Å². The van der Waals surface area contributed by atoms with Crippen LogP contribution in [-0.2, 0) is 0 Å². The molecule has 2 aromatic carbocycles. The maximum Gasteiger partial charge on any atom is 0.346 e. The molecule has 4 nitrogen and oxygen atoms in total. The van der Waals surface area contributed by atoms with E-state index in [1.54, 1.807) is 6.07 Å². The van der Waals surface area contributed by atoms with E-state index >= 15 is 0 Å². The van der Waals surface area contributed by atoms with E-state index in [1.165, 1.54) is 12.1 Å². The van der Waals surface area contributed by atoms with Gasteiger partial charge in [0.05, 0.1) is 4.92 Å². The standard InChI is InChI=1S/C14H12FNO3/c1-9-6-7-12(10(2)8-9)19-13-5-3-4-11(15)14(13)16(17)18/h3-8H,1-2H3. The molecule has 0 aliphatic carbocycles. The summed E-state index contributed by atoms with van der Waals surface area (Å²) in [6.07, 6.45) is 0. The molecule has 5 heteroatoms. The molecule has 0 spiro atoms. The maximum absolute atomic E-state index is 13.4. The van der Waals surface area contributed by atoms with Gasteiger partial charge in [-0.3, -0.25) is 10.1 Å². The van der Waals surface area contributed by atoms with Crippen LogP contribution in [0.2, 0.25) is 0 Å². The van der Waals surface area contributed by atoms with Crippen molar-refractivity contribution in [2.75, 3.05) is 0 Å². The van der Waals surface area contributed by atoms with Crippen molar-refractivity contribution in [3.05, 3.63) is 63.5 Å². The lowest BCUT2D eigenvalue weighted by Crippen LogP contribution is -1.97.